The first-order valence-electron chi connectivity index (χ1n) is 6.96. The molecule has 2 aliphatic rings. The van der Waals surface area contributed by atoms with Gasteiger partial charge < -0.3 is 15.0 Å². The molecular weight excluding hydrogens is 274 g/mol. The summed E-state index contributed by atoms with van der Waals surface area (Å²) in [6, 6.07) is 3.85. The van der Waals surface area contributed by atoms with Gasteiger partial charge in [-0.2, -0.15) is 0 Å². The molecule has 1 saturated heterocycles. The Morgan fingerprint density at radius 2 is 1.70 bits per heavy atom. The third-order valence-corrected chi connectivity index (χ3v) is 4.99. The molecule has 0 amide bonds. The van der Waals surface area contributed by atoms with Crippen LogP contribution in [0.1, 0.15) is 46.2 Å². The zero-order chi connectivity index (χ0) is 14.8. The van der Waals surface area contributed by atoms with Gasteiger partial charge in [0.05, 0.1) is 22.4 Å². The highest BCUT2D eigenvalue weighted by atomic mass is 35.5. The molecule has 2 fully saturated rings. The number of aromatic nitrogens is 1. The van der Waals surface area contributed by atoms with Crippen molar-refractivity contribution in [1.82, 2.24) is 4.98 Å². The van der Waals surface area contributed by atoms with E-state index < -0.39 is 7.12 Å². The molecule has 0 radical (unpaired) electrons. The van der Waals surface area contributed by atoms with E-state index in [1.807, 2.05) is 39.8 Å². The Morgan fingerprint density at radius 1 is 1.15 bits per heavy atom. The van der Waals surface area contributed by atoms with Crippen LogP contribution in [0.15, 0.2) is 12.1 Å². The zero-order valence-electron chi connectivity index (χ0n) is 12.4. The van der Waals surface area contributed by atoms with Crippen molar-refractivity contribution in [3.05, 3.63) is 23.0 Å². The van der Waals surface area contributed by atoms with Gasteiger partial charge in [0, 0.05) is 5.46 Å². The second kappa shape index (κ2) is 4.20. The van der Waals surface area contributed by atoms with Crippen LogP contribution in [0.4, 0.5) is 0 Å². The summed E-state index contributed by atoms with van der Waals surface area (Å²) in [7, 11) is -0.484. The van der Waals surface area contributed by atoms with Gasteiger partial charge in [0.15, 0.2) is 0 Å². The Labute approximate surface area is 125 Å². The second-order valence-electron chi connectivity index (χ2n) is 6.82. The van der Waals surface area contributed by atoms with Crippen molar-refractivity contribution in [3.8, 4) is 0 Å². The Morgan fingerprint density at radius 3 is 2.15 bits per heavy atom. The Hall–Kier alpha value is -0.615. The molecule has 0 aromatic carbocycles. The minimum absolute atomic E-state index is 0.280. The number of nitrogens with zero attached hydrogens (tertiary/aromatic N) is 1. The summed E-state index contributed by atoms with van der Waals surface area (Å²) in [5, 5.41) is 0.415. The fourth-order valence-corrected chi connectivity index (χ4v) is 2.50. The normalized spacial score (nSPS) is 25.8. The maximum Gasteiger partial charge on any atom is 0.498 e. The van der Waals surface area contributed by atoms with Gasteiger partial charge in [0.2, 0.25) is 0 Å². The fraction of sp³-hybridized carbons (Fsp3) is 0.643. The molecule has 2 heterocycles. The number of hydrogen-bond acceptors (Lipinski definition) is 4. The van der Waals surface area contributed by atoms with Crippen LogP contribution < -0.4 is 11.2 Å². The van der Waals surface area contributed by atoms with Crippen molar-refractivity contribution in [3.63, 3.8) is 0 Å². The molecule has 0 spiro atoms. The van der Waals surface area contributed by atoms with E-state index >= 15 is 0 Å². The highest BCUT2D eigenvalue weighted by molar-refractivity contribution is 6.65. The summed E-state index contributed by atoms with van der Waals surface area (Å²) >= 11 is 6.30. The van der Waals surface area contributed by atoms with Crippen molar-refractivity contribution >= 4 is 24.2 Å². The maximum absolute atomic E-state index is 6.30. The van der Waals surface area contributed by atoms with Gasteiger partial charge in [-0.3, -0.25) is 0 Å². The number of rotatable bonds is 2. The van der Waals surface area contributed by atoms with Gasteiger partial charge in [0.1, 0.15) is 5.15 Å². The molecule has 0 atom stereocenters. The lowest BCUT2D eigenvalue weighted by atomic mass is 9.80. The monoisotopic (exact) mass is 294 g/mol. The summed E-state index contributed by atoms with van der Waals surface area (Å²) in [5.74, 6) is 0. The highest BCUT2D eigenvalue weighted by Crippen LogP contribution is 2.42. The molecule has 1 aliphatic heterocycles. The van der Waals surface area contributed by atoms with Crippen molar-refractivity contribution in [2.75, 3.05) is 0 Å². The van der Waals surface area contributed by atoms with E-state index in [1.54, 1.807) is 0 Å². The van der Waals surface area contributed by atoms with Crippen LogP contribution in [-0.2, 0) is 14.8 Å². The molecule has 3 rings (SSSR count). The molecule has 108 valence electrons. The largest absolute Gasteiger partial charge is 0.498 e. The Kier molecular flexibility index (Phi) is 3.01. The van der Waals surface area contributed by atoms with E-state index in [4.69, 9.17) is 26.6 Å². The summed E-state index contributed by atoms with van der Waals surface area (Å²) < 4.78 is 12.0. The summed E-state index contributed by atoms with van der Waals surface area (Å²) in [5.41, 5.74) is 6.71. The topological polar surface area (TPSA) is 57.4 Å². The molecule has 2 N–H and O–H groups in total. The lowest BCUT2D eigenvalue weighted by Crippen LogP contribution is -2.41. The lowest BCUT2D eigenvalue weighted by molar-refractivity contribution is 0.00578. The summed E-state index contributed by atoms with van der Waals surface area (Å²) in [6.45, 7) is 8.06. The standard InChI is InChI=1S/C14H20BClN2O2/c1-12(2)13(3,4)20-15(19-12)9-5-6-10(18-11(9)16)14(17)7-8-14/h5-6H,7-8,17H2,1-4H3. The maximum atomic E-state index is 6.30. The average molecular weight is 295 g/mol. The number of pyridine rings is 1. The van der Waals surface area contributed by atoms with E-state index in [-0.39, 0.29) is 16.7 Å². The Balaban J connectivity index is 1.89. The van der Waals surface area contributed by atoms with Crippen LogP contribution >= 0.6 is 11.6 Å². The lowest BCUT2D eigenvalue weighted by Gasteiger charge is -2.32. The SMILES string of the molecule is CC1(C)OB(c2ccc(C3(N)CC3)nc2Cl)OC1(C)C. The van der Waals surface area contributed by atoms with Gasteiger partial charge in [-0.1, -0.05) is 17.7 Å². The first-order chi connectivity index (χ1) is 9.15. The first-order valence-corrected chi connectivity index (χ1v) is 7.34. The van der Waals surface area contributed by atoms with Crippen LogP contribution in [0.3, 0.4) is 0 Å². The predicted octanol–water partition coefficient (Wildman–Crippen LogP) is 1.98. The molecule has 6 heteroatoms. The molecular formula is C14H20BClN2O2. The van der Waals surface area contributed by atoms with E-state index in [0.717, 1.165) is 24.0 Å². The van der Waals surface area contributed by atoms with Crippen LogP contribution in [0, 0.1) is 0 Å². The van der Waals surface area contributed by atoms with Crippen molar-refractivity contribution in [2.24, 2.45) is 5.73 Å². The molecule has 0 unspecified atom stereocenters. The van der Waals surface area contributed by atoms with Crippen molar-refractivity contribution in [1.29, 1.82) is 0 Å². The zero-order valence-corrected chi connectivity index (χ0v) is 13.1. The van der Waals surface area contributed by atoms with E-state index in [1.165, 1.54) is 0 Å². The second-order valence-corrected chi connectivity index (χ2v) is 7.18. The third kappa shape index (κ3) is 2.17. The van der Waals surface area contributed by atoms with Crippen LogP contribution in [0.2, 0.25) is 5.15 Å². The van der Waals surface area contributed by atoms with Gasteiger partial charge in [-0.25, -0.2) is 4.98 Å². The van der Waals surface area contributed by atoms with Crippen molar-refractivity contribution in [2.45, 2.75) is 57.3 Å². The van der Waals surface area contributed by atoms with E-state index in [9.17, 15) is 0 Å². The Bertz CT molecular complexity index is 542. The molecule has 0 bridgehead atoms. The highest BCUT2D eigenvalue weighted by Gasteiger charge is 2.52. The van der Waals surface area contributed by atoms with Gasteiger partial charge in [-0.05, 0) is 46.6 Å². The number of nitrogens with two attached hydrogens (primary N) is 1. The van der Waals surface area contributed by atoms with Gasteiger partial charge >= 0.3 is 7.12 Å². The fourth-order valence-electron chi connectivity index (χ4n) is 2.26. The van der Waals surface area contributed by atoms with E-state index in [2.05, 4.69) is 4.98 Å². The first kappa shape index (κ1) is 14.3. The third-order valence-electron chi connectivity index (χ3n) is 4.68. The summed E-state index contributed by atoms with van der Waals surface area (Å²) in [6.07, 6.45) is 1.93. The molecule has 1 aromatic rings. The minimum Gasteiger partial charge on any atom is -0.399 e. The smallest absolute Gasteiger partial charge is 0.399 e. The van der Waals surface area contributed by atoms with E-state index in [0.29, 0.717) is 5.15 Å². The number of halogens is 1. The molecule has 4 nitrogen and oxygen atoms in total. The van der Waals surface area contributed by atoms with Crippen LogP contribution in [-0.4, -0.2) is 23.3 Å². The van der Waals surface area contributed by atoms with Crippen LogP contribution in [0.5, 0.6) is 0 Å². The quantitative estimate of drug-likeness (QED) is 0.669. The molecule has 20 heavy (non-hydrogen) atoms. The number of hydrogen-bond donors (Lipinski definition) is 1. The molecule has 1 aromatic heterocycles. The molecule has 1 saturated carbocycles. The van der Waals surface area contributed by atoms with Crippen LogP contribution in [0.25, 0.3) is 0 Å². The minimum atomic E-state index is -0.484. The van der Waals surface area contributed by atoms with Gasteiger partial charge in [-0.15, -0.1) is 0 Å². The predicted molar refractivity (Wildman–Crippen MR) is 80.1 cm³/mol. The summed E-state index contributed by atoms with van der Waals surface area (Å²) in [4.78, 5) is 4.43. The average Bonchev–Trinajstić information content (AvgIpc) is 3.01. The van der Waals surface area contributed by atoms with Crippen molar-refractivity contribution < 1.29 is 9.31 Å². The molecule has 1 aliphatic carbocycles. The van der Waals surface area contributed by atoms with Gasteiger partial charge in [0.25, 0.3) is 0 Å².